The molecule has 3 N–H and O–H groups in total. The van der Waals surface area contributed by atoms with Gasteiger partial charge < -0.3 is 33.7 Å². The van der Waals surface area contributed by atoms with Crippen molar-refractivity contribution in [3.8, 4) is 34.9 Å². The van der Waals surface area contributed by atoms with Gasteiger partial charge in [-0.15, -0.1) is 0 Å². The van der Waals surface area contributed by atoms with Crippen LogP contribution in [0, 0.1) is 0 Å². The summed E-state index contributed by atoms with van der Waals surface area (Å²) in [5.74, 6) is 3.20. The molecule has 14 heteroatoms. The van der Waals surface area contributed by atoms with Crippen molar-refractivity contribution in [1.29, 1.82) is 0 Å². The summed E-state index contributed by atoms with van der Waals surface area (Å²) >= 11 is 0. The van der Waals surface area contributed by atoms with Gasteiger partial charge in [0.15, 0.2) is 17.2 Å². The minimum absolute atomic E-state index is 0.0259. The highest BCUT2D eigenvalue weighted by atomic mass is 18.2. The number of nitrogens with zero attached hydrogens (tertiary/aromatic N) is 3. The van der Waals surface area contributed by atoms with Gasteiger partial charge >= 0.3 is 0 Å². The van der Waals surface area contributed by atoms with Crippen LogP contribution in [0.3, 0.4) is 0 Å². The molecule has 0 saturated heterocycles. The van der Waals surface area contributed by atoms with Gasteiger partial charge in [-0.3, -0.25) is 10.6 Å². The molecule has 3 aromatic heterocycles. The Kier molecular flexibility index (Phi) is 23.3. The lowest BCUT2D eigenvalue weighted by Gasteiger charge is -2.20. The molecule has 6 aromatic rings. The number of pyridine rings is 3. The Balaban J connectivity index is 0.000000220. The first-order chi connectivity index (χ1) is 32.7. The summed E-state index contributed by atoms with van der Waals surface area (Å²) in [6.45, 7) is 5.33. The zero-order chi connectivity index (χ0) is 48.0. The third kappa shape index (κ3) is 18.7. The maximum absolute atomic E-state index is 13.0. The predicted molar refractivity (Wildman–Crippen MR) is 251 cm³/mol. The van der Waals surface area contributed by atoms with E-state index in [0.717, 1.165) is 29.7 Å². The molecule has 0 aliphatic carbocycles. The van der Waals surface area contributed by atoms with Crippen molar-refractivity contribution in [3.63, 3.8) is 0 Å². The van der Waals surface area contributed by atoms with Gasteiger partial charge in [-0.2, -0.15) is 0 Å². The number of hydrogen-bond donors (Lipinski definition) is 3. The Morgan fingerprint density at radius 3 is 1.12 bits per heavy atom. The fourth-order valence-electron chi connectivity index (χ4n) is 6.30. The van der Waals surface area contributed by atoms with Crippen molar-refractivity contribution in [3.05, 3.63) is 163 Å². The highest BCUT2D eigenvalue weighted by molar-refractivity contribution is 5.36. The Morgan fingerprint density at radius 1 is 0.477 bits per heavy atom. The van der Waals surface area contributed by atoms with Crippen LogP contribution < -0.4 is 44.4 Å². The van der Waals surface area contributed by atoms with Crippen molar-refractivity contribution < 1.29 is 39.9 Å². The summed E-state index contributed by atoms with van der Waals surface area (Å²) in [6.07, 6.45) is 6.30. The summed E-state index contributed by atoms with van der Waals surface area (Å²) in [7, 11) is 1.94. The molecule has 0 fully saturated rings. The number of hydrogen-bond acceptors (Lipinski definition) is 12. The highest BCUT2D eigenvalue weighted by Crippen LogP contribution is 2.33. The minimum Gasteiger partial charge on any atom is -0.480 e. The molecule has 0 amide bonds. The van der Waals surface area contributed by atoms with Gasteiger partial charge in [0.2, 0.25) is 0 Å². The molecule has 0 radical (unpaired) electrons. The maximum Gasteiger partial charge on any atom is 0.257 e. The largest absolute Gasteiger partial charge is 0.480 e. The number of ether oxygens (including phenoxy) is 6. The first-order valence-corrected chi connectivity index (χ1v) is 21.9. The predicted octanol–water partition coefficient (Wildman–Crippen LogP) is 10.2. The van der Waals surface area contributed by atoms with Gasteiger partial charge in [0.05, 0.1) is 22.6 Å². The van der Waals surface area contributed by atoms with Crippen molar-refractivity contribution in [1.82, 2.24) is 30.9 Å². The van der Waals surface area contributed by atoms with Gasteiger partial charge in [0.1, 0.15) is 31.9 Å². The topological polar surface area (TPSA) is 130 Å². The number of rotatable bonds is 26. The first kappa shape index (κ1) is 48.1. The quantitative estimate of drug-likeness (QED) is 0.0354. The zero-order valence-electron chi connectivity index (χ0n) is 39.7. The molecule has 65 heavy (non-hydrogen) atoms. The second-order valence-corrected chi connectivity index (χ2v) is 13.9. The standard InChI is InChI=1S/2C17H21FN2O2.C17H22N2O2/c2*1-2-21-17-16(9-6-11-20-17)22-15(10-12-19-13-18)14-7-4-3-5-8-14;1-3-20-17-16(10-7-12-19-17)21-15(11-13-18-2)14-8-5-4-6-9-14/h2*3-9,11,15,19H,2,10,12-13H2,1H3;4-10,12,15,18H,3,11,13H2,1-2H3/t3*15-/m111/s1/i13D2,18-1;18-1;. The van der Waals surface area contributed by atoms with Crippen molar-refractivity contribution in [2.24, 2.45) is 0 Å². The molecule has 6 rings (SSSR count). The van der Waals surface area contributed by atoms with Crippen LogP contribution in [-0.4, -0.2) is 75.0 Å². The van der Waals surface area contributed by atoms with Gasteiger partial charge in [-0.1, -0.05) is 91.0 Å². The second-order valence-electron chi connectivity index (χ2n) is 13.9. The zero-order valence-corrected chi connectivity index (χ0v) is 37.7. The molecular weight excluding hydrogens is 829 g/mol. The van der Waals surface area contributed by atoms with Crippen molar-refractivity contribution in [2.45, 2.75) is 58.3 Å². The second kappa shape index (κ2) is 31.5. The molecule has 0 bridgehead atoms. The molecular formula is C51H64F2N6O6. The van der Waals surface area contributed by atoms with Crippen LogP contribution in [0.25, 0.3) is 0 Å². The third-order valence-corrected chi connectivity index (χ3v) is 9.31. The molecule has 0 spiro atoms. The number of nitrogens with one attached hydrogen (secondary N) is 3. The van der Waals surface area contributed by atoms with E-state index in [1.807, 2.05) is 125 Å². The lowest BCUT2D eigenvalue weighted by molar-refractivity contribution is 0.178. The molecule has 0 aliphatic rings. The molecule has 3 atom stereocenters. The van der Waals surface area contributed by atoms with Gasteiger partial charge in [0.25, 0.3) is 17.6 Å². The van der Waals surface area contributed by atoms with E-state index >= 15 is 0 Å². The smallest absolute Gasteiger partial charge is 0.257 e. The van der Waals surface area contributed by atoms with E-state index in [9.17, 15) is 8.78 Å². The fourth-order valence-corrected chi connectivity index (χ4v) is 6.30. The van der Waals surface area contributed by atoms with Crippen LogP contribution in [-0.2, 0) is 0 Å². The Bertz CT molecular complexity index is 2200. The van der Waals surface area contributed by atoms with E-state index < -0.39 is 13.5 Å². The number of alkyl halides is 2. The average molecular weight is 895 g/mol. The van der Waals surface area contributed by atoms with Gasteiger partial charge in [0, 0.05) is 50.9 Å². The molecule has 0 saturated carbocycles. The van der Waals surface area contributed by atoms with E-state index in [-0.39, 0.29) is 24.9 Å². The first-order valence-electron chi connectivity index (χ1n) is 22.9. The van der Waals surface area contributed by atoms with E-state index in [0.29, 0.717) is 74.1 Å². The lowest BCUT2D eigenvalue weighted by Crippen LogP contribution is -2.19. The van der Waals surface area contributed by atoms with Crippen molar-refractivity contribution >= 4 is 0 Å². The molecule has 0 aliphatic heterocycles. The van der Waals surface area contributed by atoms with Crippen LogP contribution >= 0.6 is 0 Å². The van der Waals surface area contributed by atoms with Crippen LogP contribution in [0.5, 0.6) is 34.9 Å². The van der Waals surface area contributed by atoms with Gasteiger partial charge in [-0.05, 0) is 87.5 Å². The average Bonchev–Trinajstić information content (AvgIpc) is 3.35. The van der Waals surface area contributed by atoms with Crippen LogP contribution in [0.4, 0.5) is 8.78 Å². The minimum atomic E-state index is -2.91. The van der Waals surface area contributed by atoms with E-state index in [1.165, 1.54) is 0 Å². The summed E-state index contributed by atoms with van der Waals surface area (Å²) < 4.78 is 73.8. The number of halogens is 2. The normalized spacial score (nSPS) is 12.6. The summed E-state index contributed by atoms with van der Waals surface area (Å²) in [4.78, 5) is 12.6. The van der Waals surface area contributed by atoms with Crippen LogP contribution in [0.15, 0.2) is 146 Å². The Labute approximate surface area is 385 Å². The fraction of sp³-hybridized carbons (Fsp3) is 0.353. The Hall–Kier alpha value is -6.35. The molecule has 12 nitrogen and oxygen atoms in total. The lowest BCUT2D eigenvalue weighted by atomic mass is 10.1. The van der Waals surface area contributed by atoms with E-state index in [1.54, 1.807) is 36.8 Å². The maximum atomic E-state index is 13.0. The monoisotopic (exact) mass is 895 g/mol. The molecule has 3 aromatic carbocycles. The molecule has 0 unspecified atom stereocenters. The molecule has 3 heterocycles. The van der Waals surface area contributed by atoms with E-state index in [4.69, 9.17) is 31.2 Å². The van der Waals surface area contributed by atoms with Crippen LogP contribution in [0.2, 0.25) is 0 Å². The van der Waals surface area contributed by atoms with Crippen molar-refractivity contribution in [2.75, 3.05) is 60.1 Å². The SMILES string of the molecule is CCOc1ncccc1O[C@H](CCNC)c1ccccc1.CCOc1ncccc1O[C@H](CCNC[18F])c1ccccc1.[2H]C([2H])([18F])NCC[C@@H](Oc1cccnc1OCC)c1ccccc1. The summed E-state index contributed by atoms with van der Waals surface area (Å²) in [5, 5.41) is 8.03. The van der Waals surface area contributed by atoms with Gasteiger partial charge in [-0.25, -0.2) is 23.7 Å². The number of aromatic nitrogens is 3. The van der Waals surface area contributed by atoms with E-state index in [2.05, 4.69) is 43.0 Å². The Morgan fingerprint density at radius 2 is 0.815 bits per heavy atom. The summed E-state index contributed by atoms with van der Waals surface area (Å²) in [5.41, 5.74) is 3.10. The number of benzene rings is 3. The summed E-state index contributed by atoms with van der Waals surface area (Å²) in [6, 6.07) is 40.5. The third-order valence-electron chi connectivity index (χ3n) is 9.31. The van der Waals surface area contributed by atoms with Crippen LogP contribution in [0.1, 0.15) is 77.8 Å². The molecule has 348 valence electrons. The highest BCUT2D eigenvalue weighted by Gasteiger charge is 2.19.